The molecule has 1 saturated heterocycles. The maximum absolute atomic E-state index is 12.7. The summed E-state index contributed by atoms with van der Waals surface area (Å²) >= 11 is 0. The number of methoxy groups -OCH3 is 1. The second kappa shape index (κ2) is 6.15. The van der Waals surface area contributed by atoms with Gasteiger partial charge in [0.2, 0.25) is 5.78 Å². The second-order valence-corrected chi connectivity index (χ2v) is 5.18. The van der Waals surface area contributed by atoms with Crippen LogP contribution in [0.4, 0.5) is 13.2 Å². The number of aryl methyl sites for hydroxylation is 1. The average Bonchev–Trinajstić information content (AvgIpc) is 2.45. The predicted octanol–water partition coefficient (Wildman–Crippen LogP) is 3.57. The van der Waals surface area contributed by atoms with Crippen molar-refractivity contribution >= 4 is 5.78 Å². The van der Waals surface area contributed by atoms with Crippen LogP contribution in [0.5, 0.6) is 0 Å². The maximum Gasteiger partial charge on any atom is 0.450 e. The van der Waals surface area contributed by atoms with Crippen LogP contribution in [0.15, 0.2) is 24.3 Å². The number of rotatable bonds is 3. The van der Waals surface area contributed by atoms with E-state index in [4.69, 9.17) is 9.47 Å². The van der Waals surface area contributed by atoms with E-state index < -0.39 is 30.3 Å². The molecule has 1 aliphatic rings. The van der Waals surface area contributed by atoms with Gasteiger partial charge in [-0.05, 0) is 25.3 Å². The molecular formula is C15H17F3O3. The Hall–Kier alpha value is -1.40. The summed E-state index contributed by atoms with van der Waals surface area (Å²) in [6, 6.07) is 6.98. The lowest BCUT2D eigenvalue weighted by Gasteiger charge is -2.35. The van der Waals surface area contributed by atoms with E-state index in [1.807, 2.05) is 13.0 Å². The van der Waals surface area contributed by atoms with Gasteiger partial charge in [-0.3, -0.25) is 4.79 Å². The number of halogens is 3. The molecular weight excluding hydrogens is 285 g/mol. The molecule has 0 aromatic heterocycles. The van der Waals surface area contributed by atoms with E-state index in [-0.39, 0.29) is 12.8 Å². The molecule has 0 N–H and O–H groups in total. The third-order valence-electron chi connectivity index (χ3n) is 3.63. The van der Waals surface area contributed by atoms with Crippen LogP contribution in [0.25, 0.3) is 0 Å². The first kappa shape index (κ1) is 16.0. The standard InChI is InChI=1S/C15H17F3O3/c1-9-4-3-5-10(8-9)13-11(14(19)15(16,17)18)6-7-12(20-2)21-13/h3-5,8,11-13H,6-7H2,1-2H3/t11-,12+,13-/m0/s1. The zero-order chi connectivity index (χ0) is 15.6. The average molecular weight is 302 g/mol. The largest absolute Gasteiger partial charge is 0.450 e. The van der Waals surface area contributed by atoms with Crippen LogP contribution in [0.1, 0.15) is 30.1 Å². The molecule has 1 fully saturated rings. The number of carbonyl (C=O) groups excluding carboxylic acids is 1. The summed E-state index contributed by atoms with van der Waals surface area (Å²) in [4.78, 5) is 11.6. The zero-order valence-corrected chi connectivity index (χ0v) is 11.8. The highest BCUT2D eigenvalue weighted by Crippen LogP contribution is 2.40. The molecule has 0 radical (unpaired) electrons. The molecule has 1 heterocycles. The summed E-state index contributed by atoms with van der Waals surface area (Å²) in [6.07, 6.45) is -6.01. The summed E-state index contributed by atoms with van der Waals surface area (Å²) in [6.45, 7) is 1.83. The van der Waals surface area contributed by atoms with Crippen LogP contribution in [0, 0.1) is 12.8 Å². The normalized spacial score (nSPS) is 26.6. The number of carbonyl (C=O) groups is 1. The van der Waals surface area contributed by atoms with Gasteiger partial charge in [0, 0.05) is 7.11 Å². The van der Waals surface area contributed by atoms with Gasteiger partial charge in [-0.25, -0.2) is 0 Å². The number of ether oxygens (including phenoxy) is 2. The first-order valence-electron chi connectivity index (χ1n) is 6.68. The van der Waals surface area contributed by atoms with E-state index in [2.05, 4.69) is 0 Å². The van der Waals surface area contributed by atoms with Gasteiger partial charge in [0.25, 0.3) is 0 Å². The highest BCUT2D eigenvalue weighted by atomic mass is 19.4. The Labute approximate surface area is 121 Å². The smallest absolute Gasteiger partial charge is 0.356 e. The molecule has 1 aromatic carbocycles. The Morgan fingerprint density at radius 2 is 2.05 bits per heavy atom. The molecule has 3 atom stereocenters. The van der Waals surface area contributed by atoms with E-state index in [9.17, 15) is 18.0 Å². The van der Waals surface area contributed by atoms with Gasteiger partial charge >= 0.3 is 6.18 Å². The van der Waals surface area contributed by atoms with Crippen molar-refractivity contribution in [2.75, 3.05) is 7.11 Å². The Morgan fingerprint density at radius 3 is 2.62 bits per heavy atom. The minimum absolute atomic E-state index is 0.0927. The minimum Gasteiger partial charge on any atom is -0.356 e. The van der Waals surface area contributed by atoms with Crippen LogP contribution in [0.2, 0.25) is 0 Å². The molecule has 0 spiro atoms. The lowest BCUT2D eigenvalue weighted by Crippen LogP contribution is -2.40. The minimum atomic E-state index is -4.85. The summed E-state index contributed by atoms with van der Waals surface area (Å²) < 4.78 is 48.9. The first-order valence-corrected chi connectivity index (χ1v) is 6.68. The van der Waals surface area contributed by atoms with Gasteiger partial charge in [-0.1, -0.05) is 29.8 Å². The quantitative estimate of drug-likeness (QED) is 0.856. The van der Waals surface area contributed by atoms with Crippen LogP contribution >= 0.6 is 0 Å². The fraction of sp³-hybridized carbons (Fsp3) is 0.533. The molecule has 0 saturated carbocycles. The van der Waals surface area contributed by atoms with Gasteiger partial charge in [0.05, 0.1) is 12.0 Å². The number of Topliss-reactive ketones (excluding diaryl/α,β-unsaturated/α-hetero) is 1. The first-order chi connectivity index (χ1) is 9.82. The van der Waals surface area contributed by atoms with Crippen LogP contribution in [-0.2, 0) is 14.3 Å². The molecule has 116 valence electrons. The highest BCUT2D eigenvalue weighted by molar-refractivity contribution is 5.87. The number of ketones is 1. The predicted molar refractivity (Wildman–Crippen MR) is 69.6 cm³/mol. The molecule has 3 nitrogen and oxygen atoms in total. The lowest BCUT2D eigenvalue weighted by molar-refractivity contribution is -0.216. The molecule has 1 aliphatic heterocycles. The molecule has 21 heavy (non-hydrogen) atoms. The van der Waals surface area contributed by atoms with E-state index in [0.717, 1.165) is 5.56 Å². The van der Waals surface area contributed by atoms with E-state index in [1.54, 1.807) is 18.2 Å². The van der Waals surface area contributed by atoms with Gasteiger partial charge in [-0.15, -0.1) is 0 Å². The van der Waals surface area contributed by atoms with E-state index in [0.29, 0.717) is 5.56 Å². The molecule has 2 rings (SSSR count). The monoisotopic (exact) mass is 302 g/mol. The fourth-order valence-corrected chi connectivity index (χ4v) is 2.60. The van der Waals surface area contributed by atoms with Crippen molar-refractivity contribution in [3.63, 3.8) is 0 Å². The fourth-order valence-electron chi connectivity index (χ4n) is 2.60. The third-order valence-corrected chi connectivity index (χ3v) is 3.63. The topological polar surface area (TPSA) is 35.5 Å². The summed E-state index contributed by atoms with van der Waals surface area (Å²) in [7, 11) is 1.43. The van der Waals surface area contributed by atoms with Crippen LogP contribution in [-0.4, -0.2) is 25.4 Å². The van der Waals surface area contributed by atoms with Crippen molar-refractivity contribution in [1.29, 1.82) is 0 Å². The number of benzene rings is 1. The van der Waals surface area contributed by atoms with Gasteiger partial charge in [0.1, 0.15) is 0 Å². The van der Waals surface area contributed by atoms with Crippen molar-refractivity contribution in [2.24, 2.45) is 5.92 Å². The molecule has 0 unspecified atom stereocenters. The Morgan fingerprint density at radius 1 is 1.33 bits per heavy atom. The number of hydrogen-bond donors (Lipinski definition) is 0. The van der Waals surface area contributed by atoms with Crippen LogP contribution in [0.3, 0.4) is 0 Å². The van der Waals surface area contributed by atoms with Gasteiger partial charge in [0.15, 0.2) is 6.29 Å². The van der Waals surface area contributed by atoms with E-state index in [1.165, 1.54) is 7.11 Å². The molecule has 1 aromatic rings. The number of alkyl halides is 3. The third kappa shape index (κ3) is 3.63. The number of hydrogen-bond acceptors (Lipinski definition) is 3. The maximum atomic E-state index is 12.7. The molecule has 0 bridgehead atoms. The van der Waals surface area contributed by atoms with Crippen molar-refractivity contribution < 1.29 is 27.4 Å². The van der Waals surface area contributed by atoms with Crippen molar-refractivity contribution in [1.82, 2.24) is 0 Å². The van der Waals surface area contributed by atoms with Crippen molar-refractivity contribution in [3.8, 4) is 0 Å². The molecule has 6 heteroatoms. The zero-order valence-electron chi connectivity index (χ0n) is 11.8. The summed E-state index contributed by atoms with van der Waals surface area (Å²) in [5.41, 5.74) is 1.47. The van der Waals surface area contributed by atoms with Gasteiger partial charge in [-0.2, -0.15) is 13.2 Å². The van der Waals surface area contributed by atoms with Gasteiger partial charge < -0.3 is 9.47 Å². The SMILES string of the molecule is CO[C@H]1CC[C@H](C(=O)C(F)(F)F)[C@H](c2cccc(C)c2)O1. The van der Waals surface area contributed by atoms with Crippen LogP contribution < -0.4 is 0 Å². The summed E-state index contributed by atoms with van der Waals surface area (Å²) in [5.74, 6) is -2.96. The highest BCUT2D eigenvalue weighted by Gasteiger charge is 2.48. The van der Waals surface area contributed by atoms with Crippen molar-refractivity contribution in [2.45, 2.75) is 38.3 Å². The van der Waals surface area contributed by atoms with Crippen molar-refractivity contribution in [3.05, 3.63) is 35.4 Å². The van der Waals surface area contributed by atoms with E-state index >= 15 is 0 Å². The Bertz CT molecular complexity index is 513. The Balaban J connectivity index is 2.32. The Kier molecular flexibility index (Phi) is 4.68. The lowest BCUT2D eigenvalue weighted by atomic mass is 9.85. The molecule has 0 aliphatic carbocycles. The second-order valence-electron chi connectivity index (χ2n) is 5.18. The summed E-state index contributed by atoms with van der Waals surface area (Å²) in [5, 5.41) is 0. The molecule has 0 amide bonds.